The predicted molar refractivity (Wildman–Crippen MR) is 65.6 cm³/mol. The van der Waals surface area contributed by atoms with Crippen LogP contribution in [-0.4, -0.2) is 12.6 Å². The van der Waals surface area contributed by atoms with Crippen LogP contribution in [0.4, 0.5) is 8.78 Å². The van der Waals surface area contributed by atoms with E-state index in [1.54, 1.807) is 6.92 Å². The zero-order valence-electron chi connectivity index (χ0n) is 10.6. The van der Waals surface area contributed by atoms with Crippen molar-refractivity contribution in [2.75, 3.05) is 6.54 Å². The summed E-state index contributed by atoms with van der Waals surface area (Å²) in [7, 11) is 0. The monoisotopic (exact) mass is 242 g/mol. The summed E-state index contributed by atoms with van der Waals surface area (Å²) >= 11 is 0. The molecule has 0 aliphatic heterocycles. The molecule has 1 aromatic rings. The fraction of sp³-hybridized carbons (Fsp3) is 0.538. The van der Waals surface area contributed by atoms with Gasteiger partial charge in [-0.15, -0.1) is 0 Å². The molecule has 0 amide bonds. The van der Waals surface area contributed by atoms with E-state index in [1.807, 2.05) is 0 Å². The van der Waals surface area contributed by atoms with Crippen LogP contribution in [0.25, 0.3) is 0 Å². The number of benzene rings is 1. The minimum absolute atomic E-state index is 0.139. The van der Waals surface area contributed by atoms with Crippen molar-refractivity contribution in [2.45, 2.75) is 33.4 Å². The first-order valence-corrected chi connectivity index (χ1v) is 5.83. The van der Waals surface area contributed by atoms with E-state index in [-0.39, 0.29) is 6.04 Å². The summed E-state index contributed by atoms with van der Waals surface area (Å²) in [6.07, 6.45) is 0. The van der Waals surface area contributed by atoms with E-state index < -0.39 is 11.6 Å². The standard InChI is InChI=1S/C13H20F2N2/c1-8(2)13(6-16)17-7-10-4-9(3)11(14)5-12(10)15/h4-5,8,13,17H,6-7,16H2,1-3H3. The lowest BCUT2D eigenvalue weighted by molar-refractivity contribution is 0.401. The van der Waals surface area contributed by atoms with Crippen molar-refractivity contribution in [1.29, 1.82) is 0 Å². The highest BCUT2D eigenvalue weighted by Crippen LogP contribution is 2.14. The van der Waals surface area contributed by atoms with Crippen LogP contribution in [0.15, 0.2) is 12.1 Å². The van der Waals surface area contributed by atoms with Crippen molar-refractivity contribution in [3.8, 4) is 0 Å². The summed E-state index contributed by atoms with van der Waals surface area (Å²) in [4.78, 5) is 0. The van der Waals surface area contributed by atoms with Crippen LogP contribution in [0, 0.1) is 24.5 Å². The molecular weight excluding hydrogens is 222 g/mol. The molecule has 1 atom stereocenters. The fourth-order valence-corrected chi connectivity index (χ4v) is 1.68. The second-order valence-corrected chi connectivity index (χ2v) is 4.66. The maximum atomic E-state index is 13.5. The third-order valence-electron chi connectivity index (χ3n) is 2.94. The normalized spacial score (nSPS) is 13.1. The van der Waals surface area contributed by atoms with E-state index in [9.17, 15) is 8.78 Å². The number of nitrogens with two attached hydrogens (primary N) is 1. The Morgan fingerprint density at radius 3 is 2.41 bits per heavy atom. The predicted octanol–water partition coefficient (Wildman–Crippen LogP) is 2.35. The molecule has 0 heterocycles. The Bertz CT molecular complexity index is 378. The van der Waals surface area contributed by atoms with E-state index in [1.165, 1.54) is 6.07 Å². The molecule has 0 saturated heterocycles. The van der Waals surface area contributed by atoms with Gasteiger partial charge in [0.1, 0.15) is 11.6 Å². The Kier molecular flexibility index (Phi) is 5.02. The van der Waals surface area contributed by atoms with Crippen LogP contribution in [0.2, 0.25) is 0 Å². The fourth-order valence-electron chi connectivity index (χ4n) is 1.68. The van der Waals surface area contributed by atoms with Gasteiger partial charge < -0.3 is 11.1 Å². The van der Waals surface area contributed by atoms with E-state index in [4.69, 9.17) is 5.73 Å². The van der Waals surface area contributed by atoms with E-state index in [0.717, 1.165) is 6.07 Å². The summed E-state index contributed by atoms with van der Waals surface area (Å²) in [6, 6.07) is 2.60. The van der Waals surface area contributed by atoms with Crippen molar-refractivity contribution < 1.29 is 8.78 Å². The minimum atomic E-state index is -0.514. The van der Waals surface area contributed by atoms with Crippen LogP contribution in [-0.2, 0) is 6.54 Å². The molecule has 0 aromatic heterocycles. The van der Waals surface area contributed by atoms with Gasteiger partial charge in [-0.1, -0.05) is 13.8 Å². The van der Waals surface area contributed by atoms with Crippen molar-refractivity contribution in [3.05, 3.63) is 34.9 Å². The molecule has 0 spiro atoms. The Balaban J connectivity index is 2.72. The highest BCUT2D eigenvalue weighted by atomic mass is 19.1. The first-order valence-electron chi connectivity index (χ1n) is 5.83. The Morgan fingerprint density at radius 2 is 1.88 bits per heavy atom. The average molecular weight is 242 g/mol. The van der Waals surface area contributed by atoms with Crippen molar-refractivity contribution >= 4 is 0 Å². The van der Waals surface area contributed by atoms with Gasteiger partial charge in [0.05, 0.1) is 0 Å². The van der Waals surface area contributed by atoms with Gasteiger partial charge in [0.25, 0.3) is 0 Å². The van der Waals surface area contributed by atoms with Crippen LogP contribution >= 0.6 is 0 Å². The van der Waals surface area contributed by atoms with Gasteiger partial charge in [0.2, 0.25) is 0 Å². The van der Waals surface area contributed by atoms with Crippen molar-refractivity contribution in [3.63, 3.8) is 0 Å². The van der Waals surface area contributed by atoms with Crippen molar-refractivity contribution in [1.82, 2.24) is 5.32 Å². The van der Waals surface area contributed by atoms with Gasteiger partial charge in [-0.25, -0.2) is 8.78 Å². The van der Waals surface area contributed by atoms with Gasteiger partial charge in [-0.05, 0) is 24.5 Å². The number of hydrogen-bond acceptors (Lipinski definition) is 2. The van der Waals surface area contributed by atoms with Crippen LogP contribution in [0.3, 0.4) is 0 Å². The quantitative estimate of drug-likeness (QED) is 0.831. The molecule has 0 bridgehead atoms. The first-order chi connectivity index (χ1) is 7.95. The number of nitrogens with one attached hydrogen (secondary N) is 1. The number of aryl methyl sites for hydroxylation is 1. The maximum Gasteiger partial charge on any atom is 0.130 e. The summed E-state index contributed by atoms with van der Waals surface area (Å²) in [5, 5.41) is 3.19. The zero-order valence-corrected chi connectivity index (χ0v) is 10.6. The molecule has 96 valence electrons. The Morgan fingerprint density at radius 1 is 1.24 bits per heavy atom. The molecule has 3 N–H and O–H groups in total. The number of rotatable bonds is 5. The van der Waals surface area contributed by atoms with Crippen LogP contribution in [0.5, 0.6) is 0 Å². The van der Waals surface area contributed by atoms with Crippen LogP contribution in [0.1, 0.15) is 25.0 Å². The van der Waals surface area contributed by atoms with Gasteiger partial charge in [0, 0.05) is 30.8 Å². The van der Waals surface area contributed by atoms with E-state index >= 15 is 0 Å². The lowest BCUT2D eigenvalue weighted by Gasteiger charge is -2.20. The van der Waals surface area contributed by atoms with Gasteiger partial charge in [-0.3, -0.25) is 0 Å². The minimum Gasteiger partial charge on any atom is -0.329 e. The van der Waals surface area contributed by atoms with Gasteiger partial charge in [-0.2, -0.15) is 0 Å². The highest BCUT2D eigenvalue weighted by molar-refractivity contribution is 5.25. The maximum absolute atomic E-state index is 13.5. The first kappa shape index (κ1) is 14.1. The summed E-state index contributed by atoms with van der Waals surface area (Å²) in [5.41, 5.74) is 6.54. The highest BCUT2D eigenvalue weighted by Gasteiger charge is 2.12. The average Bonchev–Trinajstić information content (AvgIpc) is 2.25. The molecule has 0 aliphatic rings. The third kappa shape index (κ3) is 3.75. The second kappa shape index (κ2) is 6.07. The molecule has 0 fully saturated rings. The second-order valence-electron chi connectivity index (χ2n) is 4.66. The molecule has 0 aliphatic carbocycles. The molecule has 1 rings (SSSR count). The topological polar surface area (TPSA) is 38.0 Å². The molecule has 1 unspecified atom stereocenters. The summed E-state index contributed by atoms with van der Waals surface area (Å²) in [5.74, 6) is -0.643. The molecule has 1 aromatic carbocycles. The lowest BCUT2D eigenvalue weighted by Crippen LogP contribution is -2.39. The van der Waals surface area contributed by atoms with Crippen molar-refractivity contribution in [2.24, 2.45) is 11.7 Å². The molecular formula is C13H20F2N2. The molecule has 0 saturated carbocycles. The number of hydrogen-bond donors (Lipinski definition) is 2. The summed E-state index contributed by atoms with van der Waals surface area (Å²) in [6.45, 7) is 6.60. The zero-order chi connectivity index (χ0) is 13.0. The number of halogens is 2. The van der Waals surface area contributed by atoms with E-state index in [2.05, 4.69) is 19.2 Å². The molecule has 17 heavy (non-hydrogen) atoms. The smallest absolute Gasteiger partial charge is 0.130 e. The SMILES string of the molecule is Cc1cc(CNC(CN)C(C)C)c(F)cc1F. The van der Waals surface area contributed by atoms with E-state index in [0.29, 0.717) is 30.1 Å². The molecule has 4 heteroatoms. The third-order valence-corrected chi connectivity index (χ3v) is 2.94. The molecule has 0 radical (unpaired) electrons. The van der Waals surface area contributed by atoms with Gasteiger partial charge >= 0.3 is 0 Å². The summed E-state index contributed by atoms with van der Waals surface area (Å²) < 4.78 is 26.5. The largest absolute Gasteiger partial charge is 0.329 e. The van der Waals surface area contributed by atoms with Crippen LogP contribution < -0.4 is 11.1 Å². The lowest BCUT2D eigenvalue weighted by atomic mass is 10.0. The van der Waals surface area contributed by atoms with Gasteiger partial charge in [0.15, 0.2) is 0 Å². The Labute approximate surface area is 101 Å². The Hall–Kier alpha value is -1.00. The molecule has 2 nitrogen and oxygen atoms in total.